The van der Waals surface area contributed by atoms with E-state index < -0.39 is 0 Å². The Balaban J connectivity index is 1.59. The summed E-state index contributed by atoms with van der Waals surface area (Å²) in [6, 6.07) is 13.7. The topological polar surface area (TPSA) is 41.1 Å². The van der Waals surface area contributed by atoms with Gasteiger partial charge in [-0.2, -0.15) is 0 Å². The monoisotopic (exact) mass is 348 g/mol. The zero-order valence-corrected chi connectivity index (χ0v) is 14.1. The summed E-state index contributed by atoms with van der Waals surface area (Å²) in [6.45, 7) is 1.50. The standard InChI is InChI=1S/C18H18Cl2N2O/c19-14-6-5-13(16(20)10-14)9-18(23)22-11-17-15-4-2-1-3-12(15)7-8-21-17/h1-6,10,17,21H,7-9,11H2,(H,22,23). The molecule has 1 unspecified atom stereocenters. The van der Waals surface area contributed by atoms with Crippen LogP contribution in [0.2, 0.25) is 10.0 Å². The second-order valence-electron chi connectivity index (χ2n) is 5.67. The number of nitrogens with one attached hydrogen (secondary N) is 2. The van der Waals surface area contributed by atoms with Crippen LogP contribution < -0.4 is 10.6 Å². The quantitative estimate of drug-likeness (QED) is 0.887. The molecule has 1 amide bonds. The highest BCUT2D eigenvalue weighted by atomic mass is 35.5. The average molecular weight is 349 g/mol. The Morgan fingerprint density at radius 1 is 1.22 bits per heavy atom. The van der Waals surface area contributed by atoms with Crippen LogP contribution in [0, 0.1) is 0 Å². The minimum absolute atomic E-state index is 0.0425. The van der Waals surface area contributed by atoms with Crippen LogP contribution >= 0.6 is 23.2 Å². The molecule has 0 fully saturated rings. The van der Waals surface area contributed by atoms with E-state index in [9.17, 15) is 4.79 Å². The molecule has 2 aromatic rings. The van der Waals surface area contributed by atoms with E-state index in [2.05, 4.69) is 28.8 Å². The van der Waals surface area contributed by atoms with Crippen molar-refractivity contribution < 1.29 is 4.79 Å². The first-order chi connectivity index (χ1) is 11.1. The van der Waals surface area contributed by atoms with Crippen LogP contribution in [0.1, 0.15) is 22.7 Å². The minimum atomic E-state index is -0.0425. The second kappa shape index (κ2) is 7.35. The van der Waals surface area contributed by atoms with Crippen molar-refractivity contribution in [3.63, 3.8) is 0 Å². The number of carbonyl (C=O) groups is 1. The summed E-state index contributed by atoms with van der Waals surface area (Å²) in [5.74, 6) is -0.0425. The number of rotatable bonds is 4. The Hall–Kier alpha value is -1.55. The number of hydrogen-bond acceptors (Lipinski definition) is 2. The predicted molar refractivity (Wildman–Crippen MR) is 94.1 cm³/mol. The predicted octanol–water partition coefficient (Wildman–Crippen LogP) is 3.54. The summed E-state index contributed by atoms with van der Waals surface area (Å²) >= 11 is 12.0. The van der Waals surface area contributed by atoms with Crippen molar-refractivity contribution in [2.45, 2.75) is 18.9 Å². The van der Waals surface area contributed by atoms with Crippen LogP contribution in [0.15, 0.2) is 42.5 Å². The van der Waals surface area contributed by atoms with Gasteiger partial charge in [0.25, 0.3) is 0 Å². The van der Waals surface area contributed by atoms with E-state index in [1.165, 1.54) is 11.1 Å². The lowest BCUT2D eigenvalue weighted by molar-refractivity contribution is -0.120. The summed E-state index contributed by atoms with van der Waals surface area (Å²) in [5, 5.41) is 7.54. The maximum absolute atomic E-state index is 12.2. The van der Waals surface area contributed by atoms with Gasteiger partial charge in [-0.25, -0.2) is 0 Å². The highest BCUT2D eigenvalue weighted by Gasteiger charge is 2.19. The molecule has 0 saturated carbocycles. The average Bonchev–Trinajstić information content (AvgIpc) is 2.55. The molecule has 5 heteroatoms. The molecular formula is C18H18Cl2N2O. The number of carbonyl (C=O) groups excluding carboxylic acids is 1. The molecular weight excluding hydrogens is 331 g/mol. The maximum atomic E-state index is 12.2. The highest BCUT2D eigenvalue weighted by Crippen LogP contribution is 2.23. The molecule has 1 aliphatic rings. The molecule has 0 radical (unpaired) electrons. The number of fused-ring (bicyclic) bond motifs is 1. The van der Waals surface area contributed by atoms with E-state index in [1.54, 1.807) is 18.2 Å². The van der Waals surface area contributed by atoms with Crippen LogP contribution in [0.3, 0.4) is 0 Å². The third-order valence-electron chi connectivity index (χ3n) is 4.09. The third-order valence-corrected chi connectivity index (χ3v) is 4.67. The van der Waals surface area contributed by atoms with Crippen molar-refractivity contribution >= 4 is 29.1 Å². The number of halogens is 2. The lowest BCUT2D eigenvalue weighted by Crippen LogP contribution is -2.39. The molecule has 23 heavy (non-hydrogen) atoms. The van der Waals surface area contributed by atoms with Gasteiger partial charge in [0.05, 0.1) is 6.42 Å². The molecule has 0 aromatic heterocycles. The fourth-order valence-electron chi connectivity index (χ4n) is 2.89. The van der Waals surface area contributed by atoms with Gasteiger partial charge in [-0.05, 0) is 41.8 Å². The molecule has 2 aromatic carbocycles. The first-order valence-corrected chi connectivity index (χ1v) is 8.41. The van der Waals surface area contributed by atoms with Crippen LogP contribution in [0.4, 0.5) is 0 Å². The van der Waals surface area contributed by atoms with Gasteiger partial charge in [0, 0.05) is 22.6 Å². The fraction of sp³-hybridized carbons (Fsp3) is 0.278. The maximum Gasteiger partial charge on any atom is 0.224 e. The Kier molecular flexibility index (Phi) is 5.21. The van der Waals surface area contributed by atoms with Gasteiger partial charge in [0.1, 0.15) is 0 Å². The van der Waals surface area contributed by atoms with Crippen molar-refractivity contribution in [3.05, 3.63) is 69.2 Å². The van der Waals surface area contributed by atoms with Gasteiger partial charge in [-0.15, -0.1) is 0 Å². The van der Waals surface area contributed by atoms with Crippen molar-refractivity contribution in [2.24, 2.45) is 0 Å². The molecule has 1 aliphatic heterocycles. The molecule has 1 heterocycles. The summed E-state index contributed by atoms with van der Waals surface area (Å²) in [7, 11) is 0. The molecule has 0 saturated heterocycles. The van der Waals surface area contributed by atoms with E-state index in [0.717, 1.165) is 18.5 Å². The van der Waals surface area contributed by atoms with Crippen LogP contribution in [-0.2, 0) is 17.6 Å². The van der Waals surface area contributed by atoms with Gasteiger partial charge in [-0.1, -0.05) is 53.5 Å². The number of amides is 1. The van der Waals surface area contributed by atoms with E-state index in [-0.39, 0.29) is 18.4 Å². The van der Waals surface area contributed by atoms with Crippen molar-refractivity contribution in [2.75, 3.05) is 13.1 Å². The molecule has 120 valence electrons. The smallest absolute Gasteiger partial charge is 0.224 e. The summed E-state index contributed by atoms with van der Waals surface area (Å²) in [4.78, 5) is 12.2. The Bertz CT molecular complexity index is 718. The molecule has 0 aliphatic carbocycles. The van der Waals surface area contributed by atoms with Crippen LogP contribution in [-0.4, -0.2) is 19.0 Å². The Labute approximate surface area is 146 Å². The Morgan fingerprint density at radius 2 is 2.04 bits per heavy atom. The van der Waals surface area contributed by atoms with Gasteiger partial charge in [0.2, 0.25) is 5.91 Å². The minimum Gasteiger partial charge on any atom is -0.354 e. The van der Waals surface area contributed by atoms with Gasteiger partial charge in [0.15, 0.2) is 0 Å². The zero-order valence-electron chi connectivity index (χ0n) is 12.6. The van der Waals surface area contributed by atoms with Gasteiger partial charge in [-0.3, -0.25) is 4.79 Å². The fourth-order valence-corrected chi connectivity index (χ4v) is 3.37. The van der Waals surface area contributed by atoms with Crippen molar-refractivity contribution in [3.8, 4) is 0 Å². The SMILES string of the molecule is O=C(Cc1ccc(Cl)cc1Cl)NCC1NCCc2ccccc21. The number of hydrogen-bond donors (Lipinski definition) is 2. The second-order valence-corrected chi connectivity index (χ2v) is 6.52. The van der Waals surface area contributed by atoms with E-state index in [1.807, 2.05) is 6.07 Å². The zero-order chi connectivity index (χ0) is 16.2. The highest BCUT2D eigenvalue weighted by molar-refractivity contribution is 6.35. The molecule has 0 spiro atoms. The van der Waals surface area contributed by atoms with Crippen LogP contribution in [0.5, 0.6) is 0 Å². The van der Waals surface area contributed by atoms with Crippen molar-refractivity contribution in [1.29, 1.82) is 0 Å². The first kappa shape index (κ1) is 16.3. The van der Waals surface area contributed by atoms with Crippen LogP contribution in [0.25, 0.3) is 0 Å². The number of benzene rings is 2. The Morgan fingerprint density at radius 3 is 2.87 bits per heavy atom. The van der Waals surface area contributed by atoms with Gasteiger partial charge >= 0.3 is 0 Å². The summed E-state index contributed by atoms with van der Waals surface area (Å²) < 4.78 is 0. The summed E-state index contributed by atoms with van der Waals surface area (Å²) in [6.07, 6.45) is 1.28. The van der Waals surface area contributed by atoms with Crippen molar-refractivity contribution in [1.82, 2.24) is 10.6 Å². The largest absolute Gasteiger partial charge is 0.354 e. The molecule has 0 bridgehead atoms. The first-order valence-electron chi connectivity index (χ1n) is 7.65. The molecule has 3 rings (SSSR count). The van der Waals surface area contributed by atoms with E-state index in [4.69, 9.17) is 23.2 Å². The van der Waals surface area contributed by atoms with Gasteiger partial charge < -0.3 is 10.6 Å². The summed E-state index contributed by atoms with van der Waals surface area (Å²) in [5.41, 5.74) is 3.40. The van der Waals surface area contributed by atoms with E-state index >= 15 is 0 Å². The molecule has 3 nitrogen and oxygen atoms in total. The molecule has 2 N–H and O–H groups in total. The lowest BCUT2D eigenvalue weighted by Gasteiger charge is -2.27. The van der Waals surface area contributed by atoms with E-state index in [0.29, 0.717) is 16.6 Å². The lowest BCUT2D eigenvalue weighted by atomic mass is 9.94. The third kappa shape index (κ3) is 4.05. The molecule has 1 atom stereocenters. The normalized spacial score (nSPS) is 16.7.